The van der Waals surface area contributed by atoms with Gasteiger partial charge in [-0.2, -0.15) is 0 Å². The van der Waals surface area contributed by atoms with Crippen LogP contribution in [0.3, 0.4) is 0 Å². The summed E-state index contributed by atoms with van der Waals surface area (Å²) >= 11 is 0. The van der Waals surface area contributed by atoms with Gasteiger partial charge in [-0.25, -0.2) is 4.98 Å². The molecule has 1 aliphatic rings. The van der Waals surface area contributed by atoms with Crippen LogP contribution in [0, 0.1) is 5.92 Å². The molecule has 6 heteroatoms. The van der Waals surface area contributed by atoms with Gasteiger partial charge < -0.3 is 14.2 Å². The predicted molar refractivity (Wildman–Crippen MR) is 91.2 cm³/mol. The fraction of sp³-hybridized carbons (Fsp3) is 0.722. The minimum Gasteiger partial charge on any atom is -0.466 e. The van der Waals surface area contributed by atoms with E-state index >= 15 is 0 Å². The van der Waals surface area contributed by atoms with E-state index in [0.29, 0.717) is 19.7 Å². The molecule has 0 atom stereocenters. The van der Waals surface area contributed by atoms with E-state index in [0.717, 1.165) is 38.6 Å². The molecule has 1 aromatic heterocycles. The van der Waals surface area contributed by atoms with Crippen LogP contribution in [0.25, 0.3) is 0 Å². The Morgan fingerprint density at radius 2 is 2.04 bits per heavy atom. The van der Waals surface area contributed by atoms with Gasteiger partial charge in [0.25, 0.3) is 0 Å². The maximum Gasteiger partial charge on any atom is 0.307 e. The Bertz CT molecular complexity index is 496. The van der Waals surface area contributed by atoms with E-state index in [9.17, 15) is 9.59 Å². The van der Waals surface area contributed by atoms with Crippen LogP contribution in [-0.2, 0) is 20.9 Å². The summed E-state index contributed by atoms with van der Waals surface area (Å²) in [6.45, 7) is 4.14. The van der Waals surface area contributed by atoms with Crippen LogP contribution >= 0.6 is 0 Å². The summed E-state index contributed by atoms with van der Waals surface area (Å²) in [4.78, 5) is 30.3. The van der Waals surface area contributed by atoms with Gasteiger partial charge in [-0.1, -0.05) is 19.3 Å². The molecule has 1 amide bonds. The standard InChI is InChI=1S/C18H29N3O3/c1-2-24-17(22)9-13-21(12-6-11-20-14-10-19-15-20)18(23)16-7-4-3-5-8-16/h10,14-16H,2-9,11-13H2,1H3. The van der Waals surface area contributed by atoms with Crippen molar-refractivity contribution >= 4 is 11.9 Å². The average molecular weight is 335 g/mol. The highest BCUT2D eigenvalue weighted by atomic mass is 16.5. The Hall–Kier alpha value is -1.85. The van der Waals surface area contributed by atoms with Crippen LogP contribution in [0.1, 0.15) is 51.9 Å². The van der Waals surface area contributed by atoms with Gasteiger partial charge >= 0.3 is 5.97 Å². The van der Waals surface area contributed by atoms with Gasteiger partial charge in [0, 0.05) is 37.9 Å². The number of amides is 1. The van der Waals surface area contributed by atoms with Crippen LogP contribution in [0.2, 0.25) is 0 Å². The summed E-state index contributed by atoms with van der Waals surface area (Å²) < 4.78 is 7.00. The summed E-state index contributed by atoms with van der Waals surface area (Å²) in [5.74, 6) is 0.118. The number of aryl methyl sites for hydroxylation is 1. The van der Waals surface area contributed by atoms with Crippen molar-refractivity contribution in [3.05, 3.63) is 18.7 Å². The zero-order valence-corrected chi connectivity index (χ0v) is 14.7. The molecular weight excluding hydrogens is 306 g/mol. The largest absolute Gasteiger partial charge is 0.466 e. The fourth-order valence-electron chi connectivity index (χ4n) is 3.26. The lowest BCUT2D eigenvalue weighted by Gasteiger charge is -2.29. The van der Waals surface area contributed by atoms with Gasteiger partial charge in [-0.3, -0.25) is 9.59 Å². The van der Waals surface area contributed by atoms with E-state index < -0.39 is 0 Å². The second-order valence-corrected chi connectivity index (χ2v) is 6.37. The lowest BCUT2D eigenvalue weighted by atomic mass is 9.88. The number of nitrogens with zero attached hydrogens (tertiary/aromatic N) is 3. The van der Waals surface area contributed by atoms with Gasteiger partial charge in [0.05, 0.1) is 19.4 Å². The molecule has 0 N–H and O–H groups in total. The van der Waals surface area contributed by atoms with Crippen molar-refractivity contribution < 1.29 is 14.3 Å². The van der Waals surface area contributed by atoms with Crippen LogP contribution in [-0.4, -0.2) is 46.0 Å². The van der Waals surface area contributed by atoms with E-state index in [2.05, 4.69) is 4.98 Å². The first-order valence-corrected chi connectivity index (χ1v) is 9.11. The first-order chi connectivity index (χ1) is 11.7. The quantitative estimate of drug-likeness (QED) is 0.651. The summed E-state index contributed by atoms with van der Waals surface area (Å²) in [6, 6.07) is 0. The molecular formula is C18H29N3O3. The zero-order valence-electron chi connectivity index (χ0n) is 14.7. The number of esters is 1. The minimum atomic E-state index is -0.228. The highest BCUT2D eigenvalue weighted by Crippen LogP contribution is 2.25. The van der Waals surface area contributed by atoms with Crippen molar-refractivity contribution in [2.24, 2.45) is 5.92 Å². The first kappa shape index (κ1) is 18.5. The Labute approximate surface area is 144 Å². The lowest BCUT2D eigenvalue weighted by molar-refractivity contribution is -0.144. The third-order valence-corrected chi connectivity index (χ3v) is 4.56. The molecule has 0 bridgehead atoms. The topological polar surface area (TPSA) is 64.4 Å². The molecule has 0 saturated heterocycles. The second-order valence-electron chi connectivity index (χ2n) is 6.37. The van der Waals surface area contributed by atoms with Crippen molar-refractivity contribution in [1.29, 1.82) is 0 Å². The normalized spacial score (nSPS) is 15.2. The van der Waals surface area contributed by atoms with Gasteiger partial charge in [-0.05, 0) is 26.2 Å². The Balaban J connectivity index is 1.86. The average Bonchev–Trinajstić information content (AvgIpc) is 3.12. The molecule has 6 nitrogen and oxygen atoms in total. The van der Waals surface area contributed by atoms with Gasteiger partial charge in [0.15, 0.2) is 0 Å². The number of rotatable bonds is 9. The molecule has 0 radical (unpaired) electrons. The maximum absolute atomic E-state index is 12.8. The molecule has 0 unspecified atom stereocenters. The summed E-state index contributed by atoms with van der Waals surface area (Å²) in [7, 11) is 0. The SMILES string of the molecule is CCOC(=O)CCN(CCCn1ccnc1)C(=O)C1CCCCC1. The summed E-state index contributed by atoms with van der Waals surface area (Å²) in [6.07, 6.45) is 12.1. The molecule has 1 saturated carbocycles. The Kier molecular flexibility index (Phi) is 7.79. The number of ether oxygens (including phenoxy) is 1. The number of imidazole rings is 1. The zero-order chi connectivity index (χ0) is 17.2. The Morgan fingerprint density at radius 1 is 1.25 bits per heavy atom. The molecule has 0 aromatic carbocycles. The van der Waals surface area contributed by atoms with Crippen molar-refractivity contribution in [2.45, 2.75) is 58.4 Å². The smallest absolute Gasteiger partial charge is 0.307 e. The van der Waals surface area contributed by atoms with Crippen molar-refractivity contribution in [1.82, 2.24) is 14.5 Å². The van der Waals surface area contributed by atoms with Gasteiger partial charge in [0.2, 0.25) is 5.91 Å². The first-order valence-electron chi connectivity index (χ1n) is 9.11. The second kappa shape index (κ2) is 10.1. The minimum absolute atomic E-state index is 0.134. The third-order valence-electron chi connectivity index (χ3n) is 4.56. The molecule has 1 aromatic rings. The monoisotopic (exact) mass is 335 g/mol. The molecule has 1 aliphatic carbocycles. The number of hydrogen-bond donors (Lipinski definition) is 0. The number of hydrogen-bond acceptors (Lipinski definition) is 4. The van der Waals surface area contributed by atoms with Crippen LogP contribution in [0.5, 0.6) is 0 Å². The number of carbonyl (C=O) groups excluding carboxylic acids is 2. The molecule has 24 heavy (non-hydrogen) atoms. The molecule has 0 spiro atoms. The third kappa shape index (κ3) is 5.98. The van der Waals surface area contributed by atoms with Crippen LogP contribution < -0.4 is 0 Å². The van der Waals surface area contributed by atoms with E-state index in [-0.39, 0.29) is 24.2 Å². The predicted octanol–water partition coefficient (Wildman–Crippen LogP) is 2.64. The van der Waals surface area contributed by atoms with E-state index in [1.807, 2.05) is 15.7 Å². The highest BCUT2D eigenvalue weighted by molar-refractivity contribution is 5.79. The Morgan fingerprint density at radius 3 is 2.71 bits per heavy atom. The van der Waals surface area contributed by atoms with E-state index in [1.165, 1.54) is 6.42 Å². The van der Waals surface area contributed by atoms with E-state index in [1.54, 1.807) is 19.4 Å². The van der Waals surface area contributed by atoms with Gasteiger partial charge in [0.1, 0.15) is 0 Å². The molecule has 1 heterocycles. The van der Waals surface area contributed by atoms with Crippen molar-refractivity contribution in [3.63, 3.8) is 0 Å². The molecule has 1 fully saturated rings. The molecule has 0 aliphatic heterocycles. The van der Waals surface area contributed by atoms with Crippen molar-refractivity contribution in [2.75, 3.05) is 19.7 Å². The molecule has 2 rings (SSSR count). The van der Waals surface area contributed by atoms with Crippen LogP contribution in [0.15, 0.2) is 18.7 Å². The fourth-order valence-corrected chi connectivity index (χ4v) is 3.26. The lowest BCUT2D eigenvalue weighted by Crippen LogP contribution is -2.39. The van der Waals surface area contributed by atoms with Gasteiger partial charge in [-0.15, -0.1) is 0 Å². The molecule has 134 valence electrons. The number of aromatic nitrogens is 2. The van der Waals surface area contributed by atoms with Crippen LogP contribution in [0.4, 0.5) is 0 Å². The maximum atomic E-state index is 12.8. The van der Waals surface area contributed by atoms with E-state index in [4.69, 9.17) is 4.74 Å². The number of carbonyl (C=O) groups is 2. The summed E-state index contributed by atoms with van der Waals surface area (Å²) in [5, 5.41) is 0. The highest BCUT2D eigenvalue weighted by Gasteiger charge is 2.26. The van der Waals surface area contributed by atoms with Crippen molar-refractivity contribution in [3.8, 4) is 0 Å². The summed E-state index contributed by atoms with van der Waals surface area (Å²) in [5.41, 5.74) is 0.